The van der Waals surface area contributed by atoms with Crippen LogP contribution in [-0.4, -0.2) is 27.3 Å². The summed E-state index contributed by atoms with van der Waals surface area (Å²) in [5, 5.41) is 0.637. The zero-order chi connectivity index (χ0) is 19.2. The van der Waals surface area contributed by atoms with Gasteiger partial charge in [0.05, 0.1) is 29.4 Å². The minimum absolute atomic E-state index is 0.0657. The van der Waals surface area contributed by atoms with E-state index in [4.69, 9.17) is 20.8 Å². The van der Waals surface area contributed by atoms with Crippen LogP contribution < -0.4 is 4.74 Å². The lowest BCUT2D eigenvalue weighted by Crippen LogP contribution is -2.11. The van der Waals surface area contributed by atoms with Crippen molar-refractivity contribution in [1.29, 1.82) is 0 Å². The van der Waals surface area contributed by atoms with Crippen LogP contribution in [0.25, 0.3) is 11.5 Å². The molecule has 2 aromatic carbocycles. The summed E-state index contributed by atoms with van der Waals surface area (Å²) in [4.78, 5) is 15.9. The van der Waals surface area contributed by atoms with Crippen molar-refractivity contribution in [2.45, 2.75) is 12.7 Å². The highest BCUT2D eigenvalue weighted by molar-refractivity contribution is 7.84. The molecule has 0 amide bonds. The largest absolute Gasteiger partial charge is 0.492 e. The van der Waals surface area contributed by atoms with E-state index in [-0.39, 0.29) is 18.1 Å². The van der Waals surface area contributed by atoms with Crippen LogP contribution in [0.2, 0.25) is 5.02 Å². The van der Waals surface area contributed by atoms with Crippen LogP contribution in [0.4, 0.5) is 0 Å². The molecule has 1 atom stereocenters. The third-order valence-electron chi connectivity index (χ3n) is 3.79. The lowest BCUT2D eigenvalue weighted by molar-refractivity contribution is 0.101. The first kappa shape index (κ1) is 19.3. The van der Waals surface area contributed by atoms with Crippen molar-refractivity contribution in [2.75, 3.05) is 12.4 Å². The van der Waals surface area contributed by atoms with Gasteiger partial charge in [-0.25, -0.2) is 4.98 Å². The van der Waals surface area contributed by atoms with E-state index in [1.807, 2.05) is 12.1 Å². The highest BCUT2D eigenvalue weighted by Crippen LogP contribution is 2.21. The highest BCUT2D eigenvalue weighted by atomic mass is 35.5. The minimum Gasteiger partial charge on any atom is -0.492 e. The van der Waals surface area contributed by atoms with Gasteiger partial charge in [0.25, 0.3) is 0 Å². The molecule has 0 aliphatic heterocycles. The van der Waals surface area contributed by atoms with E-state index >= 15 is 0 Å². The first-order chi connectivity index (χ1) is 13.0. The monoisotopic (exact) mass is 403 g/mol. The molecule has 0 spiro atoms. The Bertz CT molecular complexity index is 953. The molecule has 1 heterocycles. The fraction of sp³-hybridized carbons (Fsp3) is 0.200. The molecule has 0 aliphatic rings. The van der Waals surface area contributed by atoms with Crippen LogP contribution in [0, 0.1) is 0 Å². The second-order valence-electron chi connectivity index (χ2n) is 5.84. The van der Waals surface area contributed by atoms with Crippen LogP contribution in [0.5, 0.6) is 5.75 Å². The molecule has 0 bridgehead atoms. The van der Waals surface area contributed by atoms with E-state index in [9.17, 15) is 9.00 Å². The summed E-state index contributed by atoms with van der Waals surface area (Å²) in [5.41, 5.74) is 1.94. The molecule has 0 saturated heterocycles. The molecular weight excluding hydrogens is 386 g/mol. The second-order valence-corrected chi connectivity index (χ2v) is 7.85. The van der Waals surface area contributed by atoms with Gasteiger partial charge in [0.2, 0.25) is 5.89 Å². The number of hydrogen-bond acceptors (Lipinski definition) is 5. The number of halogens is 1. The Labute approximate surface area is 164 Å². The fourth-order valence-corrected chi connectivity index (χ4v) is 3.47. The molecule has 27 heavy (non-hydrogen) atoms. The van der Waals surface area contributed by atoms with Gasteiger partial charge in [-0.3, -0.25) is 9.00 Å². The summed E-state index contributed by atoms with van der Waals surface area (Å²) in [6.07, 6.45) is 1.51. The number of oxazole rings is 1. The number of carbonyl (C=O) groups excluding carboxylic acids is 1. The summed E-state index contributed by atoms with van der Waals surface area (Å²) in [5.74, 6) is 1.51. The quantitative estimate of drug-likeness (QED) is 0.517. The number of hydrogen-bond donors (Lipinski definition) is 0. The molecule has 5 nitrogen and oxygen atoms in total. The summed E-state index contributed by atoms with van der Waals surface area (Å²) >= 11 is 5.87. The molecule has 0 radical (unpaired) electrons. The number of nitrogens with zero attached hydrogens (tertiary/aromatic N) is 1. The van der Waals surface area contributed by atoms with E-state index in [0.717, 1.165) is 5.56 Å². The first-order valence-electron chi connectivity index (χ1n) is 8.31. The van der Waals surface area contributed by atoms with Crippen LogP contribution >= 0.6 is 11.6 Å². The molecule has 0 fully saturated rings. The number of ketones is 1. The van der Waals surface area contributed by atoms with E-state index in [1.54, 1.807) is 36.4 Å². The number of benzene rings is 2. The Kier molecular flexibility index (Phi) is 6.42. The van der Waals surface area contributed by atoms with Crippen molar-refractivity contribution >= 4 is 28.2 Å². The van der Waals surface area contributed by atoms with Crippen LogP contribution in [0.15, 0.2) is 59.2 Å². The van der Waals surface area contributed by atoms with Gasteiger partial charge in [0, 0.05) is 21.4 Å². The Morgan fingerprint density at radius 3 is 2.67 bits per heavy atom. The topological polar surface area (TPSA) is 69.4 Å². The highest BCUT2D eigenvalue weighted by Gasteiger charge is 2.11. The van der Waals surface area contributed by atoms with Gasteiger partial charge < -0.3 is 9.15 Å². The first-order valence-corrected chi connectivity index (χ1v) is 10.2. The SMILES string of the molecule is CC(=O)c1ccccc1OCCS(=O)Cc1coc(-c2ccc(Cl)cc2)n1. The van der Waals surface area contributed by atoms with Gasteiger partial charge >= 0.3 is 0 Å². The van der Waals surface area contributed by atoms with E-state index in [1.165, 1.54) is 13.2 Å². The van der Waals surface area contributed by atoms with Gasteiger partial charge in [-0.1, -0.05) is 23.7 Å². The molecule has 3 rings (SSSR count). The third-order valence-corrected chi connectivity index (χ3v) is 5.28. The summed E-state index contributed by atoms with van der Waals surface area (Å²) in [7, 11) is -1.16. The summed E-state index contributed by atoms with van der Waals surface area (Å²) < 4.78 is 23.3. The van der Waals surface area contributed by atoms with Gasteiger partial charge in [-0.05, 0) is 43.3 Å². The lowest BCUT2D eigenvalue weighted by Gasteiger charge is -2.09. The zero-order valence-corrected chi connectivity index (χ0v) is 16.3. The summed E-state index contributed by atoms with van der Waals surface area (Å²) in [6, 6.07) is 14.2. The molecule has 140 valence electrons. The normalized spacial score (nSPS) is 11.9. The van der Waals surface area contributed by atoms with Crippen LogP contribution in [-0.2, 0) is 16.6 Å². The number of Topliss-reactive ketones (excluding diaryl/α,β-unsaturated/α-hetero) is 1. The van der Waals surface area contributed by atoms with Gasteiger partial charge in [-0.2, -0.15) is 0 Å². The van der Waals surface area contributed by atoms with Crippen LogP contribution in [0.1, 0.15) is 23.0 Å². The maximum absolute atomic E-state index is 12.3. The average Bonchev–Trinajstić information content (AvgIpc) is 3.11. The number of aromatic nitrogens is 1. The molecule has 3 aromatic rings. The average molecular weight is 404 g/mol. The number of rotatable bonds is 8. The van der Waals surface area contributed by atoms with Crippen molar-refractivity contribution in [1.82, 2.24) is 4.98 Å². The third kappa shape index (κ3) is 5.28. The predicted octanol–water partition coefficient (Wildman–Crippen LogP) is 4.53. The molecule has 1 unspecified atom stereocenters. The maximum atomic E-state index is 12.3. The van der Waals surface area contributed by atoms with E-state index in [2.05, 4.69) is 4.98 Å². The van der Waals surface area contributed by atoms with Gasteiger partial charge in [-0.15, -0.1) is 0 Å². The standard InChI is InChI=1S/C20H18ClNO4S/c1-14(23)18-4-2-3-5-19(18)25-10-11-27(24)13-17-12-26-20(22-17)15-6-8-16(21)9-7-15/h2-9,12H,10-11,13H2,1H3. The van der Waals surface area contributed by atoms with E-state index < -0.39 is 10.8 Å². The van der Waals surface area contributed by atoms with Gasteiger partial charge in [0.1, 0.15) is 12.0 Å². The molecule has 0 aliphatic carbocycles. The van der Waals surface area contributed by atoms with Crippen molar-refractivity contribution in [2.24, 2.45) is 0 Å². The molecule has 0 saturated carbocycles. The smallest absolute Gasteiger partial charge is 0.226 e. The minimum atomic E-state index is -1.16. The maximum Gasteiger partial charge on any atom is 0.226 e. The van der Waals surface area contributed by atoms with Crippen molar-refractivity contribution in [3.05, 3.63) is 71.1 Å². The van der Waals surface area contributed by atoms with Crippen molar-refractivity contribution in [3.8, 4) is 17.2 Å². The van der Waals surface area contributed by atoms with Crippen molar-refractivity contribution < 1.29 is 18.2 Å². The van der Waals surface area contributed by atoms with Crippen LogP contribution in [0.3, 0.4) is 0 Å². The number of para-hydroxylation sites is 1. The lowest BCUT2D eigenvalue weighted by atomic mass is 10.1. The Hall–Kier alpha value is -2.44. The molecule has 7 heteroatoms. The summed E-state index contributed by atoms with van der Waals surface area (Å²) in [6.45, 7) is 1.74. The van der Waals surface area contributed by atoms with Gasteiger partial charge in [0.15, 0.2) is 5.78 Å². The van der Waals surface area contributed by atoms with Crippen molar-refractivity contribution in [3.63, 3.8) is 0 Å². The molecular formula is C20H18ClNO4S. The molecule has 1 aromatic heterocycles. The Balaban J connectivity index is 1.53. The van der Waals surface area contributed by atoms with E-state index in [0.29, 0.717) is 33.7 Å². The number of carbonyl (C=O) groups is 1. The molecule has 0 N–H and O–H groups in total. The number of ether oxygens (including phenoxy) is 1. The predicted molar refractivity (Wildman–Crippen MR) is 106 cm³/mol. The zero-order valence-electron chi connectivity index (χ0n) is 14.7. The second kappa shape index (κ2) is 8.97. The fourth-order valence-electron chi connectivity index (χ4n) is 2.46. The Morgan fingerprint density at radius 1 is 1.19 bits per heavy atom. The Morgan fingerprint density at radius 2 is 1.93 bits per heavy atom.